The molecule has 1 aliphatic heterocycles. The third kappa shape index (κ3) is 2.27. The van der Waals surface area contributed by atoms with Crippen LogP contribution in [0.25, 0.3) is 0 Å². The van der Waals surface area contributed by atoms with E-state index in [4.69, 9.17) is 5.11 Å². The Bertz CT molecular complexity index is 423. The number of aliphatic carboxylic acids is 1. The number of amides is 1. The molecule has 1 fully saturated rings. The maximum atomic E-state index is 12.2. The lowest BCUT2D eigenvalue weighted by Crippen LogP contribution is -2.45. The van der Waals surface area contributed by atoms with Crippen LogP contribution < -0.4 is 0 Å². The second-order valence-electron chi connectivity index (χ2n) is 3.54. The summed E-state index contributed by atoms with van der Waals surface area (Å²) in [6, 6.07) is -0.750. The molecule has 0 aromatic carbocycles. The minimum absolute atomic E-state index is 0.0781. The zero-order valence-electron chi connectivity index (χ0n) is 9.07. The van der Waals surface area contributed by atoms with Crippen molar-refractivity contribution >= 4 is 35.2 Å². The lowest BCUT2D eigenvalue weighted by molar-refractivity contribution is -0.141. The number of rotatable bonds is 3. The molecule has 92 valence electrons. The Kier molecular flexibility index (Phi) is 3.63. The van der Waals surface area contributed by atoms with E-state index in [1.54, 1.807) is 0 Å². The molecule has 0 radical (unpaired) electrons. The lowest BCUT2D eigenvalue weighted by atomic mass is 10.2. The molecule has 1 aromatic rings. The number of hydrogen-bond acceptors (Lipinski definition) is 6. The average molecular weight is 273 g/mol. The summed E-state index contributed by atoms with van der Waals surface area (Å²) in [7, 11) is 0. The van der Waals surface area contributed by atoms with Gasteiger partial charge < -0.3 is 10.0 Å². The van der Waals surface area contributed by atoms with Crippen molar-refractivity contribution in [3.63, 3.8) is 0 Å². The van der Waals surface area contributed by atoms with E-state index in [1.807, 2.05) is 6.92 Å². The van der Waals surface area contributed by atoms with E-state index in [1.165, 1.54) is 22.9 Å². The van der Waals surface area contributed by atoms with Crippen molar-refractivity contribution in [2.45, 2.75) is 24.8 Å². The summed E-state index contributed by atoms with van der Waals surface area (Å²) in [6.45, 7) is 1.94. The molecule has 0 saturated carbocycles. The number of carboxylic acid groups (broad SMARTS) is 1. The van der Waals surface area contributed by atoms with Gasteiger partial charge in [-0.05, 0) is 18.0 Å². The molecule has 2 rings (SSSR count). The summed E-state index contributed by atoms with van der Waals surface area (Å²) in [5.74, 6) is -0.810. The van der Waals surface area contributed by atoms with Crippen molar-refractivity contribution in [3.05, 3.63) is 11.1 Å². The molecule has 17 heavy (non-hydrogen) atoms. The Morgan fingerprint density at radius 1 is 1.65 bits per heavy atom. The fourth-order valence-electron chi connectivity index (χ4n) is 1.73. The van der Waals surface area contributed by atoms with Crippen molar-refractivity contribution in [2.75, 3.05) is 5.75 Å². The second-order valence-corrected chi connectivity index (χ2v) is 5.54. The van der Waals surface area contributed by atoms with Gasteiger partial charge in [0.1, 0.15) is 10.9 Å². The Hall–Kier alpha value is -1.15. The lowest BCUT2D eigenvalue weighted by Gasteiger charge is -2.25. The van der Waals surface area contributed by atoms with Gasteiger partial charge in [0.15, 0.2) is 0 Å². The molecule has 1 N–H and O–H groups in total. The van der Waals surface area contributed by atoms with Crippen LogP contribution in [0, 0.1) is 0 Å². The fourth-order valence-corrected chi connectivity index (χ4v) is 3.54. The zero-order valence-corrected chi connectivity index (χ0v) is 10.7. The largest absolute Gasteiger partial charge is 0.480 e. The molecule has 1 amide bonds. The van der Waals surface area contributed by atoms with Crippen LogP contribution in [0.5, 0.6) is 0 Å². The first-order chi connectivity index (χ1) is 8.15. The highest BCUT2D eigenvalue weighted by atomic mass is 32.2. The molecular weight excluding hydrogens is 262 g/mol. The second kappa shape index (κ2) is 5.01. The number of thioether (sulfide) groups is 1. The Labute approximate surface area is 106 Å². The molecule has 1 aromatic heterocycles. The predicted octanol–water partition coefficient (Wildman–Crippen LogP) is 0.916. The van der Waals surface area contributed by atoms with Gasteiger partial charge in [0, 0.05) is 5.75 Å². The van der Waals surface area contributed by atoms with Crippen molar-refractivity contribution < 1.29 is 14.7 Å². The number of carbonyl (C=O) groups excluding carboxylic acids is 1. The first kappa shape index (κ1) is 12.3. The quantitative estimate of drug-likeness (QED) is 0.881. The van der Waals surface area contributed by atoms with Crippen molar-refractivity contribution in [1.29, 1.82) is 0 Å². The number of carboxylic acids is 1. The van der Waals surface area contributed by atoms with E-state index < -0.39 is 12.0 Å². The number of carbonyl (C=O) groups is 2. The van der Waals surface area contributed by atoms with Crippen LogP contribution in [0.2, 0.25) is 0 Å². The molecule has 1 aliphatic rings. The SMILES string of the molecule is CCC1SCC(C(=O)O)N1C(=O)c1cnns1. The van der Waals surface area contributed by atoms with Gasteiger partial charge in [0.05, 0.1) is 11.6 Å². The fraction of sp³-hybridized carbons (Fsp3) is 0.556. The zero-order chi connectivity index (χ0) is 12.4. The van der Waals surface area contributed by atoms with E-state index in [0.29, 0.717) is 10.6 Å². The Morgan fingerprint density at radius 3 is 2.94 bits per heavy atom. The highest BCUT2D eigenvalue weighted by molar-refractivity contribution is 8.00. The van der Waals surface area contributed by atoms with Crippen molar-refractivity contribution in [2.24, 2.45) is 0 Å². The van der Waals surface area contributed by atoms with E-state index in [2.05, 4.69) is 9.59 Å². The molecule has 2 heterocycles. The normalized spacial score (nSPS) is 23.9. The average Bonchev–Trinajstić information content (AvgIpc) is 2.96. The maximum Gasteiger partial charge on any atom is 0.327 e. The van der Waals surface area contributed by atoms with Crippen molar-refractivity contribution in [1.82, 2.24) is 14.5 Å². The molecule has 2 atom stereocenters. The maximum absolute atomic E-state index is 12.2. The highest BCUT2D eigenvalue weighted by Crippen LogP contribution is 2.32. The number of hydrogen-bond donors (Lipinski definition) is 1. The summed E-state index contributed by atoms with van der Waals surface area (Å²) in [6.07, 6.45) is 2.11. The molecule has 0 spiro atoms. The number of nitrogens with zero attached hydrogens (tertiary/aromatic N) is 3. The summed E-state index contributed by atoms with van der Waals surface area (Å²) < 4.78 is 3.63. The molecule has 8 heteroatoms. The summed E-state index contributed by atoms with van der Waals surface area (Å²) >= 11 is 2.49. The third-order valence-corrected chi connectivity index (χ3v) is 4.64. The van der Waals surface area contributed by atoms with E-state index in [0.717, 1.165) is 18.0 Å². The number of aromatic nitrogens is 2. The van der Waals surface area contributed by atoms with Crippen LogP contribution in [0.4, 0.5) is 0 Å². The topological polar surface area (TPSA) is 83.4 Å². The van der Waals surface area contributed by atoms with Gasteiger partial charge >= 0.3 is 5.97 Å². The smallest absolute Gasteiger partial charge is 0.327 e. The van der Waals surface area contributed by atoms with Crippen LogP contribution in [0.1, 0.15) is 23.0 Å². The molecule has 1 saturated heterocycles. The van der Waals surface area contributed by atoms with Crippen LogP contribution >= 0.6 is 23.3 Å². The van der Waals surface area contributed by atoms with Crippen LogP contribution in [-0.4, -0.2) is 48.6 Å². The van der Waals surface area contributed by atoms with Gasteiger partial charge in [-0.15, -0.1) is 16.9 Å². The highest BCUT2D eigenvalue weighted by Gasteiger charge is 2.41. The molecule has 6 nitrogen and oxygen atoms in total. The molecule has 0 aliphatic carbocycles. The van der Waals surface area contributed by atoms with Gasteiger partial charge in [0.2, 0.25) is 0 Å². The van der Waals surface area contributed by atoms with Crippen LogP contribution in [0.15, 0.2) is 6.20 Å². The van der Waals surface area contributed by atoms with E-state index in [9.17, 15) is 9.59 Å². The monoisotopic (exact) mass is 273 g/mol. The minimum atomic E-state index is -0.959. The van der Waals surface area contributed by atoms with Crippen molar-refractivity contribution in [3.8, 4) is 0 Å². The predicted molar refractivity (Wildman–Crippen MR) is 64.0 cm³/mol. The Morgan fingerprint density at radius 2 is 2.41 bits per heavy atom. The van der Waals surface area contributed by atoms with Gasteiger partial charge in [0.25, 0.3) is 5.91 Å². The standard InChI is InChI=1S/C9H11N3O3S2/c1-2-7-12(5(4-16-7)9(14)15)8(13)6-3-10-11-17-6/h3,5,7H,2,4H2,1H3,(H,14,15). The summed E-state index contributed by atoms with van der Waals surface area (Å²) in [5.41, 5.74) is 0. The summed E-state index contributed by atoms with van der Waals surface area (Å²) in [5, 5.41) is 12.6. The first-order valence-electron chi connectivity index (χ1n) is 5.09. The minimum Gasteiger partial charge on any atom is -0.480 e. The molecule has 2 unspecified atom stereocenters. The van der Waals surface area contributed by atoms with E-state index >= 15 is 0 Å². The van der Waals surface area contributed by atoms with Gasteiger partial charge in [-0.1, -0.05) is 11.4 Å². The van der Waals surface area contributed by atoms with Gasteiger partial charge in [-0.25, -0.2) is 4.79 Å². The van der Waals surface area contributed by atoms with Gasteiger partial charge in [-0.3, -0.25) is 4.79 Å². The van der Waals surface area contributed by atoms with Crippen LogP contribution in [0.3, 0.4) is 0 Å². The van der Waals surface area contributed by atoms with Crippen LogP contribution in [-0.2, 0) is 4.79 Å². The van der Waals surface area contributed by atoms with E-state index in [-0.39, 0.29) is 11.3 Å². The third-order valence-electron chi connectivity index (χ3n) is 2.53. The molecule has 0 bridgehead atoms. The Balaban J connectivity index is 2.25. The molecular formula is C9H11N3O3S2. The summed E-state index contributed by atoms with van der Waals surface area (Å²) in [4.78, 5) is 25.1. The first-order valence-corrected chi connectivity index (χ1v) is 6.91. The van der Waals surface area contributed by atoms with Gasteiger partial charge in [-0.2, -0.15) is 0 Å².